The van der Waals surface area contributed by atoms with E-state index in [0.29, 0.717) is 26.8 Å². The molecule has 1 heterocycles. The van der Waals surface area contributed by atoms with Crippen molar-refractivity contribution in [1.82, 2.24) is 4.98 Å². The van der Waals surface area contributed by atoms with E-state index >= 15 is 0 Å². The second-order valence-corrected chi connectivity index (χ2v) is 9.07. The Bertz CT molecular complexity index is 1450. The quantitative estimate of drug-likeness (QED) is 0.262. The van der Waals surface area contributed by atoms with Crippen LogP contribution < -0.4 is 5.32 Å². The number of nitrogens with one attached hydrogen (secondary N) is 1. The largest absolute Gasteiger partial charge is 0.298 e. The number of aromatic nitrogens is 1. The fourth-order valence-electron chi connectivity index (χ4n) is 3.81. The number of carbonyl (C=O) groups is 2. The molecule has 4 aromatic carbocycles. The first-order chi connectivity index (χ1) is 17.2. The van der Waals surface area contributed by atoms with Crippen molar-refractivity contribution in [3.63, 3.8) is 0 Å². The second-order valence-electron chi connectivity index (χ2n) is 8.07. The average molecular weight is 475 g/mol. The van der Waals surface area contributed by atoms with Gasteiger partial charge < -0.3 is 0 Å². The van der Waals surface area contributed by atoms with Crippen LogP contribution in [0.1, 0.15) is 36.7 Å². The number of hydrogen-bond donors (Lipinski definition) is 1. The molecule has 0 saturated heterocycles. The molecule has 0 bridgehead atoms. The zero-order chi connectivity index (χ0) is 24.0. The number of rotatable bonds is 7. The van der Waals surface area contributed by atoms with Crippen molar-refractivity contribution in [2.45, 2.75) is 6.42 Å². The lowest BCUT2D eigenvalue weighted by molar-refractivity contribution is 0.102. The van der Waals surface area contributed by atoms with Crippen molar-refractivity contribution < 1.29 is 9.59 Å². The number of benzene rings is 4. The molecule has 0 aliphatic rings. The summed E-state index contributed by atoms with van der Waals surface area (Å²) in [4.78, 5) is 31.3. The minimum absolute atomic E-state index is 0.118. The normalized spacial score (nSPS) is 10.6. The Hall–Kier alpha value is -4.35. The highest BCUT2D eigenvalue weighted by molar-refractivity contribution is 7.18. The lowest BCUT2D eigenvalue weighted by Crippen LogP contribution is -2.11. The van der Waals surface area contributed by atoms with Crippen LogP contribution >= 0.6 is 11.3 Å². The minimum Gasteiger partial charge on any atom is -0.298 e. The summed E-state index contributed by atoms with van der Waals surface area (Å²) in [5.41, 5.74) is 4.86. The van der Waals surface area contributed by atoms with Gasteiger partial charge in [-0.1, -0.05) is 114 Å². The van der Waals surface area contributed by atoms with E-state index in [2.05, 4.69) is 22.4 Å². The maximum absolute atomic E-state index is 13.3. The number of carbonyl (C=O) groups excluding carboxylic acids is 2. The first-order valence-electron chi connectivity index (χ1n) is 11.3. The summed E-state index contributed by atoms with van der Waals surface area (Å²) in [5.74, 6) is -0.379. The monoisotopic (exact) mass is 474 g/mol. The first-order valence-corrected chi connectivity index (χ1v) is 12.1. The van der Waals surface area contributed by atoms with Gasteiger partial charge >= 0.3 is 0 Å². The van der Waals surface area contributed by atoms with Crippen LogP contribution in [0.4, 0.5) is 5.13 Å². The molecule has 1 N–H and O–H groups in total. The van der Waals surface area contributed by atoms with E-state index in [1.54, 1.807) is 12.1 Å². The molecule has 0 saturated carbocycles. The van der Waals surface area contributed by atoms with Crippen molar-refractivity contribution in [2.24, 2.45) is 0 Å². The Morgan fingerprint density at radius 3 is 1.89 bits per heavy atom. The summed E-state index contributed by atoms with van der Waals surface area (Å²) in [6.45, 7) is 0. The van der Waals surface area contributed by atoms with Gasteiger partial charge in [0.1, 0.15) is 4.88 Å². The summed E-state index contributed by atoms with van der Waals surface area (Å²) < 4.78 is 0. The van der Waals surface area contributed by atoms with E-state index in [-0.39, 0.29) is 11.7 Å². The zero-order valence-corrected chi connectivity index (χ0v) is 19.7. The number of thiazole rings is 1. The van der Waals surface area contributed by atoms with Crippen LogP contribution in [0.25, 0.3) is 11.3 Å². The van der Waals surface area contributed by atoms with Gasteiger partial charge in [0, 0.05) is 16.7 Å². The molecule has 0 spiro atoms. The van der Waals surface area contributed by atoms with Crippen LogP contribution in [0.15, 0.2) is 115 Å². The zero-order valence-electron chi connectivity index (χ0n) is 18.8. The number of anilines is 1. The lowest BCUT2D eigenvalue weighted by Gasteiger charge is -2.05. The van der Waals surface area contributed by atoms with Gasteiger partial charge in [-0.05, 0) is 29.7 Å². The predicted molar refractivity (Wildman–Crippen MR) is 141 cm³/mol. The van der Waals surface area contributed by atoms with E-state index in [1.807, 2.05) is 91.0 Å². The van der Waals surface area contributed by atoms with Crippen LogP contribution in [-0.2, 0) is 6.42 Å². The molecule has 170 valence electrons. The van der Waals surface area contributed by atoms with Gasteiger partial charge in [0.2, 0.25) is 5.78 Å². The molecule has 4 nitrogen and oxygen atoms in total. The Balaban J connectivity index is 1.38. The third-order valence-electron chi connectivity index (χ3n) is 5.60. The molecule has 0 unspecified atom stereocenters. The summed E-state index contributed by atoms with van der Waals surface area (Å²) in [6.07, 6.45) is 0.806. The van der Waals surface area contributed by atoms with E-state index < -0.39 is 0 Å². The average Bonchev–Trinajstić information content (AvgIpc) is 3.34. The van der Waals surface area contributed by atoms with Gasteiger partial charge in [0.15, 0.2) is 5.13 Å². The van der Waals surface area contributed by atoms with Crippen molar-refractivity contribution in [1.29, 1.82) is 0 Å². The number of nitrogens with zero attached hydrogens (tertiary/aromatic N) is 1. The van der Waals surface area contributed by atoms with Crippen molar-refractivity contribution in [3.8, 4) is 11.3 Å². The van der Waals surface area contributed by atoms with Gasteiger partial charge in [0.05, 0.1) is 5.69 Å². The van der Waals surface area contributed by atoms with Crippen LogP contribution in [0.3, 0.4) is 0 Å². The molecule has 35 heavy (non-hydrogen) atoms. The fraction of sp³-hybridized carbons (Fsp3) is 0.0333. The molecule has 1 aromatic heterocycles. The van der Waals surface area contributed by atoms with Crippen molar-refractivity contribution in [2.75, 3.05) is 5.32 Å². The summed E-state index contributed by atoms with van der Waals surface area (Å²) >= 11 is 1.19. The van der Waals surface area contributed by atoms with Crippen LogP contribution in [0.5, 0.6) is 0 Å². The molecule has 0 aliphatic heterocycles. The standard InChI is InChI=1S/C30H22N2O2S/c33-27(24-14-8-3-9-15-24)28-26(23-12-6-2-7-13-23)31-30(35-28)32-29(34)25-18-16-22(17-19-25)20-21-10-4-1-5-11-21/h1-19H,20H2,(H,31,32,34). The maximum Gasteiger partial charge on any atom is 0.257 e. The molecular formula is C30H22N2O2S. The van der Waals surface area contributed by atoms with Crippen molar-refractivity contribution in [3.05, 3.63) is 142 Å². The van der Waals surface area contributed by atoms with E-state index in [0.717, 1.165) is 17.5 Å². The Kier molecular flexibility index (Phi) is 6.59. The van der Waals surface area contributed by atoms with Gasteiger partial charge in [-0.25, -0.2) is 4.98 Å². The molecule has 1 amide bonds. The van der Waals surface area contributed by atoms with Gasteiger partial charge in [-0.2, -0.15) is 0 Å². The molecule has 5 aromatic rings. The molecule has 0 aliphatic carbocycles. The second kappa shape index (κ2) is 10.3. The molecular weight excluding hydrogens is 452 g/mol. The van der Waals surface area contributed by atoms with E-state index in [4.69, 9.17) is 0 Å². The van der Waals surface area contributed by atoms with Gasteiger partial charge in [0.25, 0.3) is 5.91 Å². The van der Waals surface area contributed by atoms with Crippen LogP contribution in [-0.4, -0.2) is 16.7 Å². The third kappa shape index (κ3) is 5.26. The predicted octanol–water partition coefficient (Wildman–Crippen LogP) is 6.88. The summed E-state index contributed by atoms with van der Waals surface area (Å²) in [7, 11) is 0. The smallest absolute Gasteiger partial charge is 0.257 e. The SMILES string of the molecule is O=C(Nc1nc(-c2ccccc2)c(C(=O)c2ccccc2)s1)c1ccc(Cc2ccccc2)cc1. The fourth-order valence-corrected chi connectivity index (χ4v) is 4.76. The lowest BCUT2D eigenvalue weighted by atomic mass is 10.0. The topological polar surface area (TPSA) is 59.1 Å². The highest BCUT2D eigenvalue weighted by Gasteiger charge is 2.22. The maximum atomic E-state index is 13.3. The minimum atomic E-state index is -0.261. The van der Waals surface area contributed by atoms with E-state index in [1.165, 1.54) is 16.9 Å². The Morgan fingerprint density at radius 1 is 0.657 bits per heavy atom. The van der Waals surface area contributed by atoms with Crippen molar-refractivity contribution >= 4 is 28.2 Å². The molecule has 0 fully saturated rings. The molecule has 5 heteroatoms. The molecule has 0 atom stereocenters. The summed E-state index contributed by atoms with van der Waals surface area (Å²) in [6, 6.07) is 36.4. The number of hydrogen-bond acceptors (Lipinski definition) is 4. The van der Waals surface area contributed by atoms with Gasteiger partial charge in [-0.3, -0.25) is 14.9 Å². The first kappa shape index (κ1) is 22.4. The third-order valence-corrected chi connectivity index (χ3v) is 6.57. The molecule has 5 rings (SSSR count). The van der Waals surface area contributed by atoms with Gasteiger partial charge in [-0.15, -0.1) is 0 Å². The number of ketones is 1. The van der Waals surface area contributed by atoms with Crippen LogP contribution in [0, 0.1) is 0 Å². The van der Waals surface area contributed by atoms with E-state index in [9.17, 15) is 9.59 Å². The summed E-state index contributed by atoms with van der Waals surface area (Å²) in [5, 5.41) is 3.27. The Morgan fingerprint density at radius 2 is 1.23 bits per heavy atom. The highest BCUT2D eigenvalue weighted by Crippen LogP contribution is 2.33. The molecule has 0 radical (unpaired) electrons. The highest BCUT2D eigenvalue weighted by atomic mass is 32.1. The number of amides is 1. The van der Waals surface area contributed by atoms with Crippen LogP contribution in [0.2, 0.25) is 0 Å². The Labute approximate surface area is 207 Å².